The number of esters is 2. The number of carbonyl (C=O) groups is 2. The predicted molar refractivity (Wildman–Crippen MR) is 107 cm³/mol. The van der Waals surface area contributed by atoms with Crippen LogP contribution >= 0.6 is 0 Å². The number of hydrogen-bond donors (Lipinski definition) is 0. The van der Waals surface area contributed by atoms with Gasteiger partial charge >= 0.3 is 11.9 Å². The van der Waals surface area contributed by atoms with Crippen LogP contribution in [0.3, 0.4) is 0 Å². The van der Waals surface area contributed by atoms with Crippen LogP contribution in [-0.4, -0.2) is 18.5 Å². The minimum atomic E-state index is -0.648. The van der Waals surface area contributed by atoms with Crippen molar-refractivity contribution in [2.45, 2.75) is 27.2 Å². The maximum Gasteiger partial charge on any atom is 0.308 e. The summed E-state index contributed by atoms with van der Waals surface area (Å²) in [4.78, 5) is 35.7. The summed E-state index contributed by atoms with van der Waals surface area (Å²) in [6.07, 6.45) is 2.03. The van der Waals surface area contributed by atoms with Gasteiger partial charge in [0, 0.05) is 26.0 Å². The third-order valence-corrected chi connectivity index (χ3v) is 3.82. The Balaban J connectivity index is 1.98. The summed E-state index contributed by atoms with van der Waals surface area (Å²) in [6.45, 7) is 5.02. The van der Waals surface area contributed by atoms with E-state index in [0.29, 0.717) is 18.1 Å². The van der Waals surface area contributed by atoms with Gasteiger partial charge in [-0.3, -0.25) is 14.4 Å². The molecule has 3 rings (SSSR count). The molecule has 0 saturated heterocycles. The van der Waals surface area contributed by atoms with Crippen molar-refractivity contribution in [3.8, 4) is 28.7 Å². The maximum atomic E-state index is 13.0. The molecular formula is C22H20O8. The molecule has 1 heterocycles. The lowest BCUT2D eigenvalue weighted by Gasteiger charge is -2.10. The van der Waals surface area contributed by atoms with E-state index in [4.69, 9.17) is 23.4 Å². The zero-order chi connectivity index (χ0) is 21.7. The molecule has 0 aliphatic rings. The number of benzene rings is 2. The van der Waals surface area contributed by atoms with Crippen LogP contribution in [0.4, 0.5) is 0 Å². The second-order valence-electron chi connectivity index (χ2n) is 6.33. The highest BCUT2D eigenvalue weighted by Crippen LogP contribution is 2.32. The summed E-state index contributed by atoms with van der Waals surface area (Å²) in [5.41, 5.74) is -0.473. The van der Waals surface area contributed by atoms with Crippen molar-refractivity contribution in [3.05, 3.63) is 52.9 Å². The summed E-state index contributed by atoms with van der Waals surface area (Å²) < 4.78 is 26.8. The van der Waals surface area contributed by atoms with E-state index in [-0.39, 0.29) is 28.2 Å². The third kappa shape index (κ3) is 4.96. The number of ether oxygens (including phenoxy) is 4. The zero-order valence-corrected chi connectivity index (χ0v) is 16.7. The molecule has 156 valence electrons. The van der Waals surface area contributed by atoms with Crippen LogP contribution in [0.1, 0.15) is 27.2 Å². The Labute approximate surface area is 171 Å². The lowest BCUT2D eigenvalue weighted by Crippen LogP contribution is -2.10. The predicted octanol–water partition coefficient (Wildman–Crippen LogP) is 4.22. The molecular weight excluding hydrogens is 392 g/mol. The summed E-state index contributed by atoms with van der Waals surface area (Å²) in [5.74, 6) is -0.259. The summed E-state index contributed by atoms with van der Waals surface area (Å²) in [7, 11) is 0. The fraction of sp³-hybridized carbons (Fsp3) is 0.227. The van der Waals surface area contributed by atoms with Gasteiger partial charge in [-0.15, -0.1) is 0 Å². The van der Waals surface area contributed by atoms with Gasteiger partial charge in [-0.2, -0.15) is 0 Å². The third-order valence-electron chi connectivity index (χ3n) is 3.82. The van der Waals surface area contributed by atoms with E-state index < -0.39 is 17.4 Å². The first-order valence-corrected chi connectivity index (χ1v) is 9.24. The van der Waals surface area contributed by atoms with Crippen LogP contribution < -0.4 is 24.4 Å². The smallest absolute Gasteiger partial charge is 0.308 e. The van der Waals surface area contributed by atoms with Crippen molar-refractivity contribution < 1.29 is 33.0 Å². The van der Waals surface area contributed by atoms with Gasteiger partial charge in [0.2, 0.25) is 11.2 Å². The van der Waals surface area contributed by atoms with Gasteiger partial charge in [0.25, 0.3) is 0 Å². The van der Waals surface area contributed by atoms with Crippen LogP contribution in [-0.2, 0) is 9.59 Å². The first-order valence-electron chi connectivity index (χ1n) is 9.24. The molecule has 0 amide bonds. The Kier molecular flexibility index (Phi) is 6.36. The van der Waals surface area contributed by atoms with Crippen molar-refractivity contribution >= 4 is 22.9 Å². The molecule has 0 aliphatic carbocycles. The van der Waals surface area contributed by atoms with Gasteiger partial charge in [0.05, 0.1) is 6.61 Å². The Morgan fingerprint density at radius 2 is 1.57 bits per heavy atom. The minimum Gasteiger partial charge on any atom is -0.494 e. The number of rotatable bonds is 7. The molecule has 0 bridgehead atoms. The molecule has 0 unspecified atom stereocenters. The highest BCUT2D eigenvalue weighted by molar-refractivity contribution is 5.89. The molecule has 8 nitrogen and oxygen atoms in total. The molecule has 30 heavy (non-hydrogen) atoms. The van der Waals surface area contributed by atoms with Crippen molar-refractivity contribution in [3.63, 3.8) is 0 Å². The minimum absolute atomic E-state index is 0.0125. The molecule has 0 aliphatic heterocycles. The standard InChI is InChI=1S/C22H20O8/c1-4-9-26-15-5-7-16(8-6-15)30-20-12-27-18-10-17(28-13(2)23)11-19(29-14(3)24)21(18)22(20)25/h5-8,10-12H,4,9H2,1-3H3. The van der Waals surface area contributed by atoms with E-state index >= 15 is 0 Å². The molecule has 0 fully saturated rings. The first-order chi connectivity index (χ1) is 14.4. The normalized spacial score (nSPS) is 10.5. The lowest BCUT2D eigenvalue weighted by molar-refractivity contribution is -0.132. The van der Waals surface area contributed by atoms with Crippen LogP contribution in [0.15, 0.2) is 51.9 Å². The summed E-state index contributed by atoms with van der Waals surface area (Å²) >= 11 is 0. The van der Waals surface area contributed by atoms with Gasteiger partial charge in [0.1, 0.15) is 40.2 Å². The Morgan fingerprint density at radius 3 is 2.20 bits per heavy atom. The molecule has 8 heteroatoms. The molecule has 1 aromatic heterocycles. The molecule has 2 aromatic carbocycles. The number of hydrogen-bond acceptors (Lipinski definition) is 8. The summed E-state index contributed by atoms with van der Waals surface area (Å²) in [6, 6.07) is 9.39. The average Bonchev–Trinajstić information content (AvgIpc) is 2.68. The fourth-order valence-corrected chi connectivity index (χ4v) is 2.66. The number of fused-ring (bicyclic) bond motifs is 1. The van der Waals surface area contributed by atoms with E-state index in [1.807, 2.05) is 6.92 Å². The van der Waals surface area contributed by atoms with Crippen LogP contribution in [0, 0.1) is 0 Å². The highest BCUT2D eigenvalue weighted by atomic mass is 16.5. The summed E-state index contributed by atoms with van der Waals surface area (Å²) in [5, 5.41) is -0.0125. The topological polar surface area (TPSA) is 101 Å². The fourth-order valence-electron chi connectivity index (χ4n) is 2.66. The molecule has 0 N–H and O–H groups in total. The Hall–Kier alpha value is -3.81. The second-order valence-corrected chi connectivity index (χ2v) is 6.33. The monoisotopic (exact) mass is 412 g/mol. The van der Waals surface area contributed by atoms with E-state index in [1.165, 1.54) is 26.0 Å². The van der Waals surface area contributed by atoms with Crippen LogP contribution in [0.5, 0.6) is 28.7 Å². The first kappa shape index (κ1) is 20.9. The number of carbonyl (C=O) groups excluding carboxylic acids is 2. The van der Waals surface area contributed by atoms with Crippen molar-refractivity contribution in [1.29, 1.82) is 0 Å². The van der Waals surface area contributed by atoms with Gasteiger partial charge in [-0.05, 0) is 30.7 Å². The van der Waals surface area contributed by atoms with E-state index in [9.17, 15) is 14.4 Å². The van der Waals surface area contributed by atoms with Crippen molar-refractivity contribution in [2.75, 3.05) is 6.61 Å². The molecule has 3 aromatic rings. The van der Waals surface area contributed by atoms with Gasteiger partial charge in [-0.25, -0.2) is 0 Å². The van der Waals surface area contributed by atoms with Gasteiger partial charge < -0.3 is 23.4 Å². The van der Waals surface area contributed by atoms with Gasteiger partial charge in [0.15, 0.2) is 0 Å². The molecule has 0 spiro atoms. The maximum absolute atomic E-state index is 13.0. The van der Waals surface area contributed by atoms with Gasteiger partial charge in [-0.1, -0.05) is 6.92 Å². The van der Waals surface area contributed by atoms with E-state index in [0.717, 1.165) is 12.7 Å². The van der Waals surface area contributed by atoms with Crippen LogP contribution in [0.2, 0.25) is 0 Å². The highest BCUT2D eigenvalue weighted by Gasteiger charge is 2.18. The van der Waals surface area contributed by atoms with E-state index in [1.54, 1.807) is 24.3 Å². The van der Waals surface area contributed by atoms with Crippen molar-refractivity contribution in [2.24, 2.45) is 0 Å². The Bertz CT molecular complexity index is 1130. The largest absolute Gasteiger partial charge is 0.494 e. The molecule has 0 atom stereocenters. The molecule has 0 radical (unpaired) electrons. The quantitative estimate of drug-likeness (QED) is 0.420. The lowest BCUT2D eigenvalue weighted by atomic mass is 10.2. The Morgan fingerprint density at radius 1 is 0.900 bits per heavy atom. The molecule has 0 saturated carbocycles. The SMILES string of the molecule is CCCOc1ccc(Oc2coc3cc(OC(C)=O)cc(OC(C)=O)c3c2=O)cc1. The van der Waals surface area contributed by atoms with E-state index in [2.05, 4.69) is 0 Å². The second kappa shape index (κ2) is 9.13. The zero-order valence-electron chi connectivity index (χ0n) is 16.7. The average molecular weight is 412 g/mol. The van der Waals surface area contributed by atoms with Crippen LogP contribution in [0.25, 0.3) is 11.0 Å². The van der Waals surface area contributed by atoms with Crippen molar-refractivity contribution in [1.82, 2.24) is 0 Å².